The lowest BCUT2D eigenvalue weighted by molar-refractivity contribution is -0.120. The van der Waals surface area contributed by atoms with Gasteiger partial charge in [0, 0.05) is 25.1 Å². The lowest BCUT2D eigenvalue weighted by Gasteiger charge is -2.40. The number of hydrogen-bond acceptors (Lipinski definition) is 3. The van der Waals surface area contributed by atoms with Crippen molar-refractivity contribution in [2.75, 3.05) is 6.54 Å². The molecule has 1 aliphatic rings. The molecular weight excluding hydrogens is 434 g/mol. The van der Waals surface area contributed by atoms with Gasteiger partial charge in [-0.2, -0.15) is 0 Å². The maximum atomic E-state index is 13.7. The van der Waals surface area contributed by atoms with Gasteiger partial charge >= 0.3 is 0 Å². The van der Waals surface area contributed by atoms with Crippen molar-refractivity contribution >= 4 is 11.5 Å². The zero-order chi connectivity index (χ0) is 24.7. The second-order valence-corrected chi connectivity index (χ2v) is 9.43. The molecule has 1 amide bonds. The number of aliphatic hydroxyl groups excluding tert-OH is 1. The van der Waals surface area contributed by atoms with Gasteiger partial charge in [0.2, 0.25) is 5.91 Å². The summed E-state index contributed by atoms with van der Waals surface area (Å²) in [6.07, 6.45) is 6.56. The molecule has 1 aliphatic carbocycles. The molecule has 0 heterocycles. The lowest BCUT2D eigenvalue weighted by atomic mass is 9.75. The van der Waals surface area contributed by atoms with Crippen molar-refractivity contribution in [3.05, 3.63) is 76.9 Å². The Bertz CT molecular complexity index is 995. The van der Waals surface area contributed by atoms with E-state index in [0.717, 1.165) is 31.7 Å². The number of aliphatic hydroxyl groups is 1. The Morgan fingerprint density at radius 1 is 1.09 bits per heavy atom. The van der Waals surface area contributed by atoms with Crippen molar-refractivity contribution in [2.24, 2.45) is 0 Å². The third-order valence-electron chi connectivity index (χ3n) is 6.89. The lowest BCUT2D eigenvalue weighted by Crippen LogP contribution is -2.53. The predicted molar refractivity (Wildman–Crippen MR) is 132 cm³/mol. The summed E-state index contributed by atoms with van der Waals surface area (Å²) in [4.78, 5) is 11.8. The molecule has 34 heavy (non-hydrogen) atoms. The highest BCUT2D eigenvalue weighted by molar-refractivity contribution is 5.73. The Hall–Kier alpha value is -2.57. The average Bonchev–Trinajstić information content (AvgIpc) is 2.81. The molecular formula is C28H36F2N2O2. The van der Waals surface area contributed by atoms with Crippen LogP contribution < -0.4 is 10.6 Å². The number of carbonyl (C=O) groups excluding carboxylic acids is 1. The van der Waals surface area contributed by atoms with Crippen molar-refractivity contribution in [1.82, 2.24) is 10.6 Å². The molecule has 0 saturated heterocycles. The van der Waals surface area contributed by atoms with Gasteiger partial charge in [0.05, 0.1) is 12.1 Å². The first-order valence-electron chi connectivity index (χ1n) is 12.1. The highest BCUT2D eigenvalue weighted by atomic mass is 19.1. The van der Waals surface area contributed by atoms with Crippen molar-refractivity contribution < 1.29 is 18.7 Å². The van der Waals surface area contributed by atoms with E-state index in [1.165, 1.54) is 42.2 Å². The predicted octanol–water partition coefficient (Wildman–Crippen LogP) is 5.25. The summed E-state index contributed by atoms with van der Waals surface area (Å²) in [5.41, 5.74) is 3.70. The third kappa shape index (κ3) is 6.73. The summed E-state index contributed by atoms with van der Waals surface area (Å²) in [5.74, 6) is -1.66. The van der Waals surface area contributed by atoms with Crippen LogP contribution in [-0.4, -0.2) is 29.7 Å². The van der Waals surface area contributed by atoms with Crippen molar-refractivity contribution in [2.45, 2.75) is 77.0 Å². The second kappa shape index (κ2) is 11.7. The minimum Gasteiger partial charge on any atom is -0.390 e. The molecule has 2 unspecified atom stereocenters. The minimum atomic E-state index is -0.936. The second-order valence-electron chi connectivity index (χ2n) is 9.43. The summed E-state index contributed by atoms with van der Waals surface area (Å²) in [6.45, 7) is 5.74. The Morgan fingerprint density at radius 3 is 2.38 bits per heavy atom. The highest BCUT2D eigenvalue weighted by Gasteiger charge is 2.35. The number of carbonyl (C=O) groups is 1. The number of hydrogen-bond donors (Lipinski definition) is 3. The summed E-state index contributed by atoms with van der Waals surface area (Å²) >= 11 is 0. The molecule has 2 aromatic carbocycles. The van der Waals surface area contributed by atoms with E-state index in [-0.39, 0.29) is 24.4 Å². The number of nitrogens with one attached hydrogen (secondary N) is 2. The van der Waals surface area contributed by atoms with Gasteiger partial charge in [-0.25, -0.2) is 8.78 Å². The van der Waals surface area contributed by atoms with Crippen LogP contribution in [0.5, 0.6) is 0 Å². The molecule has 4 nitrogen and oxygen atoms in total. The van der Waals surface area contributed by atoms with Crippen LogP contribution in [0.15, 0.2) is 48.5 Å². The average molecular weight is 471 g/mol. The summed E-state index contributed by atoms with van der Waals surface area (Å²) in [6, 6.07) is 11.1. The molecule has 0 bridgehead atoms. The molecule has 2 aromatic rings. The quantitative estimate of drug-likeness (QED) is 0.469. The van der Waals surface area contributed by atoms with Crippen LogP contribution in [0.2, 0.25) is 0 Å². The third-order valence-corrected chi connectivity index (χ3v) is 6.89. The van der Waals surface area contributed by atoms with E-state index in [2.05, 4.69) is 47.9 Å². The molecule has 0 radical (unpaired) electrons. The first-order chi connectivity index (χ1) is 16.2. The fourth-order valence-corrected chi connectivity index (χ4v) is 4.92. The number of benzene rings is 2. The Morgan fingerprint density at radius 2 is 1.76 bits per heavy atom. The molecule has 0 spiro atoms. The number of amides is 1. The minimum absolute atomic E-state index is 0.125. The van der Waals surface area contributed by atoms with Gasteiger partial charge in [-0.3, -0.25) is 4.79 Å². The zero-order valence-corrected chi connectivity index (χ0v) is 20.3. The molecule has 1 saturated carbocycles. The van der Waals surface area contributed by atoms with E-state index in [1.807, 2.05) is 6.92 Å². The van der Waals surface area contributed by atoms with Crippen LogP contribution in [0.4, 0.5) is 8.78 Å². The first kappa shape index (κ1) is 26.0. The smallest absolute Gasteiger partial charge is 0.217 e. The Balaban J connectivity index is 1.80. The van der Waals surface area contributed by atoms with E-state index < -0.39 is 23.8 Å². The van der Waals surface area contributed by atoms with Gasteiger partial charge in [-0.15, -0.1) is 0 Å². The van der Waals surface area contributed by atoms with Gasteiger partial charge in [-0.05, 0) is 73.6 Å². The van der Waals surface area contributed by atoms with Crippen molar-refractivity contribution in [3.8, 4) is 0 Å². The molecule has 2 atom stereocenters. The van der Waals surface area contributed by atoms with Gasteiger partial charge in [0.15, 0.2) is 0 Å². The maximum absolute atomic E-state index is 13.7. The van der Waals surface area contributed by atoms with Gasteiger partial charge in [0.1, 0.15) is 11.6 Å². The number of halogens is 2. The van der Waals surface area contributed by atoms with Crippen LogP contribution in [0.25, 0.3) is 5.57 Å². The van der Waals surface area contributed by atoms with Crippen LogP contribution in [-0.2, 0) is 16.8 Å². The van der Waals surface area contributed by atoms with Gasteiger partial charge in [-0.1, -0.05) is 43.5 Å². The maximum Gasteiger partial charge on any atom is 0.217 e. The first-order valence-corrected chi connectivity index (χ1v) is 12.1. The molecule has 184 valence electrons. The summed E-state index contributed by atoms with van der Waals surface area (Å²) in [5, 5.41) is 17.4. The van der Waals surface area contributed by atoms with Gasteiger partial charge < -0.3 is 15.7 Å². The van der Waals surface area contributed by atoms with Crippen molar-refractivity contribution in [3.63, 3.8) is 0 Å². The molecule has 3 rings (SSSR count). The van der Waals surface area contributed by atoms with Crippen LogP contribution in [0.3, 0.4) is 0 Å². The van der Waals surface area contributed by atoms with Crippen LogP contribution in [0, 0.1) is 11.6 Å². The van der Waals surface area contributed by atoms with E-state index >= 15 is 0 Å². The zero-order valence-electron chi connectivity index (χ0n) is 20.3. The van der Waals surface area contributed by atoms with E-state index in [1.54, 1.807) is 0 Å². The Labute approximate surface area is 201 Å². The summed E-state index contributed by atoms with van der Waals surface area (Å²) in [7, 11) is 0. The van der Waals surface area contributed by atoms with Crippen LogP contribution in [0.1, 0.15) is 69.6 Å². The monoisotopic (exact) mass is 470 g/mol. The highest BCUT2D eigenvalue weighted by Crippen LogP contribution is 2.38. The standard InChI is InChI=1S/C28H36F2N2O2/c1-4-19(2)22-9-8-10-23(16-22)28(11-6-5-7-12-28)31-18-27(34)26(32-20(3)33)15-21-13-24(29)17-25(30)14-21/h4,8-10,13-14,16-17,26-27,31,34H,5-7,11-12,15,18H2,1-3H3,(H,32,33)/b19-4-. The van der Waals surface area contributed by atoms with Crippen LogP contribution >= 0.6 is 0 Å². The molecule has 6 heteroatoms. The van der Waals surface area contributed by atoms with Gasteiger partial charge in [0.25, 0.3) is 0 Å². The van der Waals surface area contributed by atoms with E-state index in [0.29, 0.717) is 5.56 Å². The summed E-state index contributed by atoms with van der Waals surface area (Å²) < 4.78 is 27.4. The fourth-order valence-electron chi connectivity index (χ4n) is 4.92. The van der Waals surface area contributed by atoms with E-state index in [4.69, 9.17) is 0 Å². The SMILES string of the molecule is C/C=C(/C)c1cccc(C2(NCC(O)C(Cc3cc(F)cc(F)c3)NC(C)=O)CCCCC2)c1. The largest absolute Gasteiger partial charge is 0.390 e. The molecule has 1 fully saturated rings. The number of allylic oxidation sites excluding steroid dienone is 2. The van der Waals surface area contributed by atoms with Crippen molar-refractivity contribution in [1.29, 1.82) is 0 Å². The molecule has 0 aliphatic heterocycles. The topological polar surface area (TPSA) is 61.4 Å². The number of rotatable bonds is 9. The molecule has 3 N–H and O–H groups in total. The van der Waals surface area contributed by atoms with E-state index in [9.17, 15) is 18.7 Å². The molecule has 0 aromatic heterocycles. The Kier molecular flexibility index (Phi) is 8.97. The fraction of sp³-hybridized carbons (Fsp3) is 0.464. The normalized spacial score (nSPS) is 17.8.